The Hall–Kier alpha value is -4.45. The van der Waals surface area contributed by atoms with Gasteiger partial charge in [0.05, 0.1) is 22.0 Å². The number of rotatable bonds is 6. The Morgan fingerprint density at radius 1 is 1.21 bits per heavy atom. The van der Waals surface area contributed by atoms with Crippen molar-refractivity contribution in [2.45, 2.75) is 13.8 Å². The van der Waals surface area contributed by atoms with Gasteiger partial charge < -0.3 is 5.32 Å². The monoisotopic (exact) mass is 463 g/mol. The predicted molar refractivity (Wildman–Crippen MR) is 124 cm³/mol. The normalized spacial score (nSPS) is 11.1. The minimum Gasteiger partial charge on any atom is -0.326 e. The average Bonchev–Trinajstić information content (AvgIpc) is 3.38. The number of hydrogen-bond acceptors (Lipinski definition) is 8. The molecule has 0 fully saturated rings. The third-order valence-corrected chi connectivity index (χ3v) is 5.36. The van der Waals surface area contributed by atoms with Crippen molar-refractivity contribution in [3.8, 4) is 16.4 Å². The zero-order valence-corrected chi connectivity index (χ0v) is 18.3. The third kappa shape index (κ3) is 4.75. The summed E-state index contributed by atoms with van der Waals surface area (Å²) in [6.07, 6.45) is 0. The fourth-order valence-corrected chi connectivity index (χ4v) is 3.78. The van der Waals surface area contributed by atoms with E-state index in [0.29, 0.717) is 33.5 Å². The van der Waals surface area contributed by atoms with Crippen molar-refractivity contribution >= 4 is 40.0 Å². The molecule has 4 rings (SSSR count). The first kappa shape index (κ1) is 21.8. The van der Waals surface area contributed by atoms with Crippen LogP contribution < -0.4 is 10.9 Å². The van der Waals surface area contributed by atoms with Gasteiger partial charge in [0, 0.05) is 35.7 Å². The molecule has 0 saturated carbocycles. The van der Waals surface area contributed by atoms with Crippen LogP contribution in [0.4, 0.5) is 22.7 Å². The molecule has 0 radical (unpaired) electrons. The average molecular weight is 463 g/mol. The van der Waals surface area contributed by atoms with Crippen LogP contribution in [-0.4, -0.2) is 25.6 Å². The molecule has 0 unspecified atom stereocenters. The number of carbonyl (C=O) groups is 1. The van der Waals surface area contributed by atoms with E-state index in [9.17, 15) is 19.7 Å². The maximum absolute atomic E-state index is 12.9. The maximum atomic E-state index is 12.9. The van der Waals surface area contributed by atoms with E-state index in [2.05, 4.69) is 25.6 Å². The number of anilines is 1. The first-order chi connectivity index (χ1) is 15.8. The van der Waals surface area contributed by atoms with Gasteiger partial charge in [0.2, 0.25) is 11.0 Å². The van der Waals surface area contributed by atoms with Crippen molar-refractivity contribution < 1.29 is 9.72 Å². The summed E-state index contributed by atoms with van der Waals surface area (Å²) in [7, 11) is 0. The molecule has 4 aromatic rings. The quantitative estimate of drug-likeness (QED) is 0.237. The van der Waals surface area contributed by atoms with Crippen LogP contribution >= 0.6 is 11.3 Å². The van der Waals surface area contributed by atoms with Gasteiger partial charge in [-0.3, -0.25) is 24.8 Å². The molecule has 0 bridgehead atoms. The number of aromatic amines is 1. The topological polar surface area (TPSA) is 148 Å². The second-order valence-corrected chi connectivity index (χ2v) is 7.81. The Balaban J connectivity index is 1.59. The minimum absolute atomic E-state index is 0.0391. The molecule has 2 aromatic heterocycles. The van der Waals surface area contributed by atoms with Crippen molar-refractivity contribution in [1.82, 2.24) is 14.8 Å². The second kappa shape index (κ2) is 8.96. The summed E-state index contributed by atoms with van der Waals surface area (Å²) in [4.78, 5) is 39.0. The lowest BCUT2D eigenvalue weighted by Gasteiger charge is -2.00. The number of hydrogen-bond donors (Lipinski definition) is 2. The summed E-state index contributed by atoms with van der Waals surface area (Å²) < 4.78 is 1.26. The lowest BCUT2D eigenvalue weighted by Crippen LogP contribution is -2.13. The van der Waals surface area contributed by atoms with Crippen molar-refractivity contribution in [3.05, 3.63) is 80.1 Å². The van der Waals surface area contributed by atoms with Crippen LogP contribution in [0.25, 0.3) is 16.4 Å². The largest absolute Gasteiger partial charge is 0.326 e. The van der Waals surface area contributed by atoms with Crippen molar-refractivity contribution in [2.24, 2.45) is 10.2 Å². The third-order valence-electron chi connectivity index (χ3n) is 4.53. The molecule has 166 valence electrons. The first-order valence-electron chi connectivity index (χ1n) is 9.63. The molecule has 0 atom stereocenters. The summed E-state index contributed by atoms with van der Waals surface area (Å²) in [6, 6.07) is 12.8. The second-order valence-electron chi connectivity index (χ2n) is 6.98. The summed E-state index contributed by atoms with van der Waals surface area (Å²) in [6.45, 7) is 3.11. The number of non-ortho nitro benzene ring substituents is 1. The van der Waals surface area contributed by atoms with Crippen molar-refractivity contribution in [2.75, 3.05) is 5.32 Å². The lowest BCUT2D eigenvalue weighted by molar-refractivity contribution is -0.384. The van der Waals surface area contributed by atoms with Gasteiger partial charge in [0.25, 0.3) is 5.69 Å². The van der Waals surface area contributed by atoms with Gasteiger partial charge in [-0.15, -0.1) is 16.5 Å². The Kier molecular flexibility index (Phi) is 5.91. The number of carbonyl (C=O) groups excluding carboxylic acids is 1. The number of aromatic nitrogens is 3. The molecule has 2 N–H and O–H groups in total. The number of nitro groups is 1. The number of H-pyrrole nitrogens is 1. The van der Waals surface area contributed by atoms with E-state index in [0.717, 1.165) is 0 Å². The van der Waals surface area contributed by atoms with Crippen LogP contribution in [0.5, 0.6) is 0 Å². The highest BCUT2D eigenvalue weighted by Gasteiger charge is 2.16. The van der Waals surface area contributed by atoms with Crippen LogP contribution in [0.1, 0.15) is 12.6 Å². The Labute approximate surface area is 190 Å². The van der Waals surface area contributed by atoms with E-state index < -0.39 is 10.5 Å². The van der Waals surface area contributed by atoms with Crippen LogP contribution in [-0.2, 0) is 4.79 Å². The molecule has 0 saturated heterocycles. The number of amides is 1. The summed E-state index contributed by atoms with van der Waals surface area (Å²) in [5, 5.41) is 26.9. The van der Waals surface area contributed by atoms with Gasteiger partial charge in [0.1, 0.15) is 0 Å². The highest BCUT2D eigenvalue weighted by Crippen LogP contribution is 2.27. The number of benzene rings is 2. The van der Waals surface area contributed by atoms with Gasteiger partial charge >= 0.3 is 5.56 Å². The van der Waals surface area contributed by atoms with Gasteiger partial charge in [-0.2, -0.15) is 9.80 Å². The Morgan fingerprint density at radius 2 is 1.97 bits per heavy atom. The molecule has 2 aromatic carbocycles. The van der Waals surface area contributed by atoms with Crippen LogP contribution in [0.3, 0.4) is 0 Å². The standard InChI is InChI=1S/C21H17N7O4S/c1-12-19(25-24-16-8-6-15(7-9-16)22-13(2)29)20(30)27(26-12)21-23-18(11-33-21)14-4-3-5-17(10-14)28(31)32/h3-11,26H,1-2H3,(H,22,29). The highest BCUT2D eigenvalue weighted by atomic mass is 32.1. The fraction of sp³-hybridized carbons (Fsp3) is 0.0952. The molecule has 0 spiro atoms. The number of nitrogens with zero attached hydrogens (tertiary/aromatic N) is 5. The van der Waals surface area contributed by atoms with Gasteiger partial charge in [-0.1, -0.05) is 12.1 Å². The Morgan fingerprint density at radius 3 is 2.67 bits per heavy atom. The van der Waals surface area contributed by atoms with Crippen molar-refractivity contribution in [3.63, 3.8) is 0 Å². The molecule has 0 aliphatic carbocycles. The Bertz CT molecular complexity index is 1430. The fourth-order valence-electron chi connectivity index (χ4n) is 2.99. The van der Waals surface area contributed by atoms with E-state index in [4.69, 9.17) is 0 Å². The maximum Gasteiger partial charge on any atom is 0.301 e. The summed E-state index contributed by atoms with van der Waals surface area (Å²) >= 11 is 1.21. The van der Waals surface area contributed by atoms with Gasteiger partial charge in [-0.05, 0) is 31.2 Å². The number of nitrogens with one attached hydrogen (secondary N) is 2. The van der Waals surface area contributed by atoms with E-state index >= 15 is 0 Å². The molecule has 12 heteroatoms. The molecular weight excluding hydrogens is 446 g/mol. The molecule has 1 amide bonds. The van der Waals surface area contributed by atoms with Crippen LogP contribution in [0.2, 0.25) is 0 Å². The number of thiazole rings is 1. The predicted octanol–water partition coefficient (Wildman–Crippen LogP) is 4.88. The van der Waals surface area contributed by atoms with E-state index in [1.54, 1.807) is 48.7 Å². The smallest absolute Gasteiger partial charge is 0.301 e. The van der Waals surface area contributed by atoms with E-state index in [1.807, 2.05) is 0 Å². The zero-order chi connectivity index (χ0) is 23.5. The molecule has 33 heavy (non-hydrogen) atoms. The number of aryl methyl sites for hydroxylation is 1. The molecule has 11 nitrogen and oxygen atoms in total. The molecule has 0 aliphatic heterocycles. The molecule has 0 aliphatic rings. The van der Waals surface area contributed by atoms with E-state index in [1.165, 1.54) is 35.1 Å². The lowest BCUT2D eigenvalue weighted by atomic mass is 10.1. The minimum atomic E-state index is -0.472. The van der Waals surface area contributed by atoms with E-state index in [-0.39, 0.29) is 17.3 Å². The number of azo groups is 1. The highest BCUT2D eigenvalue weighted by molar-refractivity contribution is 7.12. The summed E-state index contributed by atoms with van der Waals surface area (Å²) in [5.41, 5.74) is 2.40. The van der Waals surface area contributed by atoms with Crippen LogP contribution in [0.15, 0.2) is 68.9 Å². The first-order valence-corrected chi connectivity index (χ1v) is 10.5. The molecule has 2 heterocycles. The SMILES string of the molecule is CC(=O)Nc1ccc(N=Nc2c(C)[nH]n(-c3nc(-c4cccc([N+](=O)[O-])c4)cs3)c2=O)cc1. The van der Waals surface area contributed by atoms with Crippen LogP contribution in [0, 0.1) is 17.0 Å². The zero-order valence-electron chi connectivity index (χ0n) is 17.5. The van der Waals surface area contributed by atoms with Crippen molar-refractivity contribution in [1.29, 1.82) is 0 Å². The molecular formula is C21H17N7O4S. The summed E-state index contributed by atoms with van der Waals surface area (Å²) in [5.74, 6) is -0.177. The van der Waals surface area contributed by atoms with Gasteiger partial charge in [0.15, 0.2) is 5.69 Å². The number of nitro benzene ring substituents is 1. The van der Waals surface area contributed by atoms with Gasteiger partial charge in [-0.25, -0.2) is 4.98 Å².